The number of nitrogens with zero attached hydrogens (tertiary/aromatic N) is 2. The monoisotopic (exact) mass is 560 g/mol. The second kappa shape index (κ2) is 13.6. The zero-order chi connectivity index (χ0) is 22.1. The van der Waals surface area contributed by atoms with Crippen molar-refractivity contribution in [1.82, 2.24) is 15.5 Å². The third kappa shape index (κ3) is 7.74. The summed E-state index contributed by atoms with van der Waals surface area (Å²) in [5.41, 5.74) is 2.40. The van der Waals surface area contributed by atoms with Gasteiger partial charge in [0.25, 0.3) is 0 Å². The molecule has 2 fully saturated rings. The summed E-state index contributed by atoms with van der Waals surface area (Å²) in [5, 5.41) is 6.96. The van der Waals surface area contributed by atoms with Gasteiger partial charge in [0.15, 0.2) is 5.96 Å². The smallest absolute Gasteiger partial charge is 0.191 e. The van der Waals surface area contributed by atoms with E-state index in [4.69, 9.17) is 19.2 Å². The number of guanidine groups is 1. The van der Waals surface area contributed by atoms with E-state index < -0.39 is 0 Å². The molecule has 0 saturated carbocycles. The Morgan fingerprint density at radius 3 is 2.62 bits per heavy atom. The molecule has 1 atom stereocenters. The van der Waals surface area contributed by atoms with E-state index in [2.05, 4.69) is 61.7 Å². The Kier molecular flexibility index (Phi) is 11.5. The van der Waals surface area contributed by atoms with Crippen molar-refractivity contribution < 1.29 is 14.2 Å². The largest absolute Gasteiger partial charge is 0.493 e. The minimum absolute atomic E-state index is 0. The molecule has 1 aromatic rings. The predicted octanol–water partition coefficient (Wildman–Crippen LogP) is 3.19. The molecule has 1 aromatic carbocycles. The van der Waals surface area contributed by atoms with Gasteiger partial charge in [-0.05, 0) is 58.8 Å². The Bertz CT molecular complexity index is 717. The third-order valence-electron chi connectivity index (χ3n) is 6.43. The summed E-state index contributed by atoms with van der Waals surface area (Å²) < 4.78 is 17.3. The van der Waals surface area contributed by atoms with Gasteiger partial charge in [0.2, 0.25) is 0 Å². The SMILES string of the molecule is CCNC(=NCc1ccc(C)cc1OCC1CCOC1)NCC1(N(C)C)CCOCC1.I. The molecule has 2 aliphatic rings. The molecule has 2 N–H and O–H groups in total. The topological polar surface area (TPSA) is 67.4 Å². The fraction of sp³-hybridized carbons (Fsp3) is 0.708. The van der Waals surface area contributed by atoms with E-state index in [-0.39, 0.29) is 29.5 Å². The van der Waals surface area contributed by atoms with Gasteiger partial charge in [-0.25, -0.2) is 4.99 Å². The van der Waals surface area contributed by atoms with E-state index >= 15 is 0 Å². The molecule has 2 aliphatic heterocycles. The van der Waals surface area contributed by atoms with Gasteiger partial charge in [-0.1, -0.05) is 12.1 Å². The standard InChI is InChI=1S/C24H40N4O3.HI/c1-5-25-23(27-18-24(28(3)4)9-12-29-13-10-24)26-15-21-7-6-19(2)14-22(21)31-17-20-8-11-30-16-20;/h6-7,14,20H,5,8-13,15-18H2,1-4H3,(H2,25,26,27);1H. The summed E-state index contributed by atoms with van der Waals surface area (Å²) in [4.78, 5) is 7.19. The molecule has 3 rings (SSSR count). The minimum Gasteiger partial charge on any atom is -0.493 e. The third-order valence-corrected chi connectivity index (χ3v) is 6.43. The Hall–Kier alpha value is -1.10. The maximum atomic E-state index is 6.19. The number of rotatable bonds is 9. The van der Waals surface area contributed by atoms with E-state index in [9.17, 15) is 0 Å². The van der Waals surface area contributed by atoms with E-state index in [1.807, 2.05) is 0 Å². The summed E-state index contributed by atoms with van der Waals surface area (Å²) in [6.07, 6.45) is 3.12. The van der Waals surface area contributed by atoms with Gasteiger partial charge in [-0.15, -0.1) is 24.0 Å². The number of hydrogen-bond acceptors (Lipinski definition) is 5. The Morgan fingerprint density at radius 1 is 1.19 bits per heavy atom. The highest BCUT2D eigenvalue weighted by Crippen LogP contribution is 2.25. The van der Waals surface area contributed by atoms with Gasteiger partial charge < -0.3 is 29.7 Å². The summed E-state index contributed by atoms with van der Waals surface area (Å²) in [6, 6.07) is 6.37. The number of aryl methyl sites for hydroxylation is 1. The number of ether oxygens (including phenoxy) is 3. The summed E-state index contributed by atoms with van der Waals surface area (Å²) in [5.74, 6) is 2.25. The second-order valence-corrected chi connectivity index (χ2v) is 8.93. The van der Waals surface area contributed by atoms with Crippen LogP contribution in [0, 0.1) is 12.8 Å². The van der Waals surface area contributed by atoms with E-state index in [1.54, 1.807) is 0 Å². The van der Waals surface area contributed by atoms with Crippen LogP contribution in [0.15, 0.2) is 23.2 Å². The number of hydrogen-bond donors (Lipinski definition) is 2. The van der Waals surface area contributed by atoms with Crippen LogP contribution in [0.25, 0.3) is 0 Å². The molecular formula is C24H41IN4O3. The van der Waals surface area contributed by atoms with E-state index in [0.29, 0.717) is 19.1 Å². The Balaban J connectivity index is 0.00000363. The van der Waals surface area contributed by atoms with E-state index in [0.717, 1.165) is 76.1 Å². The van der Waals surface area contributed by atoms with Crippen LogP contribution in [0.5, 0.6) is 5.75 Å². The lowest BCUT2D eigenvalue weighted by atomic mass is 9.88. The number of benzene rings is 1. The van der Waals surface area contributed by atoms with Crippen LogP contribution in [-0.4, -0.2) is 76.6 Å². The second-order valence-electron chi connectivity index (χ2n) is 8.93. The molecule has 1 unspecified atom stereocenters. The van der Waals surface area contributed by atoms with Crippen molar-refractivity contribution in [3.63, 3.8) is 0 Å². The first kappa shape index (κ1) is 27.1. The molecule has 32 heavy (non-hydrogen) atoms. The van der Waals surface area contributed by atoms with Crippen LogP contribution >= 0.6 is 24.0 Å². The highest BCUT2D eigenvalue weighted by Gasteiger charge is 2.34. The molecule has 7 nitrogen and oxygen atoms in total. The van der Waals surface area contributed by atoms with Gasteiger partial charge in [0.05, 0.1) is 19.8 Å². The molecule has 0 aromatic heterocycles. The van der Waals surface area contributed by atoms with Gasteiger partial charge in [0.1, 0.15) is 5.75 Å². The fourth-order valence-electron chi connectivity index (χ4n) is 4.14. The molecule has 0 radical (unpaired) electrons. The van der Waals surface area contributed by atoms with E-state index in [1.165, 1.54) is 5.56 Å². The van der Waals surface area contributed by atoms with Crippen LogP contribution in [0.2, 0.25) is 0 Å². The first-order valence-corrected chi connectivity index (χ1v) is 11.6. The molecule has 182 valence electrons. The Labute approximate surface area is 210 Å². The molecule has 0 spiro atoms. The van der Waals surface area contributed by atoms with Crippen molar-refractivity contribution in [2.45, 2.75) is 45.2 Å². The first-order chi connectivity index (χ1) is 15.0. The lowest BCUT2D eigenvalue weighted by Gasteiger charge is -2.43. The molecule has 2 heterocycles. The average molecular weight is 561 g/mol. The highest BCUT2D eigenvalue weighted by atomic mass is 127. The van der Waals surface area contributed by atoms with Crippen molar-refractivity contribution in [3.05, 3.63) is 29.3 Å². The number of likely N-dealkylation sites (N-methyl/N-ethyl adjacent to an activating group) is 1. The highest BCUT2D eigenvalue weighted by molar-refractivity contribution is 14.0. The number of nitrogens with one attached hydrogen (secondary N) is 2. The molecule has 0 aliphatic carbocycles. The van der Waals surface area contributed by atoms with Crippen LogP contribution in [0.1, 0.15) is 37.3 Å². The lowest BCUT2D eigenvalue weighted by Crippen LogP contribution is -2.57. The average Bonchev–Trinajstić information content (AvgIpc) is 3.29. The first-order valence-electron chi connectivity index (χ1n) is 11.6. The minimum atomic E-state index is 0. The van der Waals surface area contributed by atoms with Gasteiger partial charge in [-0.2, -0.15) is 0 Å². The van der Waals surface area contributed by atoms with Crippen LogP contribution in [0.4, 0.5) is 0 Å². The molecule has 8 heteroatoms. The van der Waals surface area contributed by atoms with Crippen LogP contribution in [0.3, 0.4) is 0 Å². The van der Waals surface area contributed by atoms with Crippen LogP contribution < -0.4 is 15.4 Å². The normalized spacial score (nSPS) is 20.7. The van der Waals surface area contributed by atoms with Crippen molar-refractivity contribution in [2.24, 2.45) is 10.9 Å². The fourth-order valence-corrected chi connectivity index (χ4v) is 4.14. The molecule has 0 amide bonds. The van der Waals surface area contributed by atoms with Crippen molar-refractivity contribution in [2.75, 3.05) is 60.2 Å². The summed E-state index contributed by atoms with van der Waals surface area (Å²) in [6.45, 7) is 10.4. The maximum absolute atomic E-state index is 6.19. The predicted molar refractivity (Wildman–Crippen MR) is 140 cm³/mol. The molecular weight excluding hydrogens is 519 g/mol. The van der Waals surface area contributed by atoms with Crippen molar-refractivity contribution in [3.8, 4) is 5.75 Å². The van der Waals surface area contributed by atoms with Crippen molar-refractivity contribution >= 4 is 29.9 Å². The number of aliphatic imine (C=N–C) groups is 1. The maximum Gasteiger partial charge on any atom is 0.191 e. The van der Waals surface area contributed by atoms with Gasteiger partial charge >= 0.3 is 0 Å². The molecule has 2 saturated heterocycles. The lowest BCUT2D eigenvalue weighted by molar-refractivity contribution is -0.00501. The quantitative estimate of drug-likeness (QED) is 0.275. The van der Waals surface area contributed by atoms with Crippen LogP contribution in [-0.2, 0) is 16.0 Å². The van der Waals surface area contributed by atoms with Gasteiger partial charge in [-0.3, -0.25) is 0 Å². The zero-order valence-corrected chi connectivity index (χ0v) is 22.4. The Morgan fingerprint density at radius 2 is 1.97 bits per heavy atom. The zero-order valence-electron chi connectivity index (χ0n) is 20.1. The molecule has 0 bridgehead atoms. The summed E-state index contributed by atoms with van der Waals surface area (Å²) >= 11 is 0. The van der Waals surface area contributed by atoms with Gasteiger partial charge in [0, 0.05) is 49.9 Å². The van der Waals surface area contributed by atoms with Crippen molar-refractivity contribution in [1.29, 1.82) is 0 Å². The number of halogens is 1. The summed E-state index contributed by atoms with van der Waals surface area (Å²) in [7, 11) is 4.31.